The molecule has 0 radical (unpaired) electrons. The Balaban J connectivity index is 2.22. The van der Waals surface area contributed by atoms with Crippen molar-refractivity contribution in [2.24, 2.45) is 0 Å². The number of nitrogen functional groups attached to an aromatic ring is 1. The fraction of sp³-hybridized carbons (Fsp3) is 0.286. The smallest absolute Gasteiger partial charge is 0.126 e. The van der Waals surface area contributed by atoms with Crippen LogP contribution >= 0.6 is 0 Å². The summed E-state index contributed by atoms with van der Waals surface area (Å²) < 4.78 is 0. The quantitative estimate of drug-likeness (QED) is 0.876. The second-order valence-corrected chi connectivity index (χ2v) is 4.25. The van der Waals surface area contributed by atoms with E-state index in [1.165, 1.54) is 5.56 Å². The van der Waals surface area contributed by atoms with Crippen LogP contribution in [0.25, 0.3) is 0 Å². The zero-order valence-corrected chi connectivity index (χ0v) is 10.3. The van der Waals surface area contributed by atoms with Crippen molar-refractivity contribution in [1.29, 1.82) is 0 Å². The highest BCUT2D eigenvalue weighted by Crippen LogP contribution is 2.14. The van der Waals surface area contributed by atoms with Crippen LogP contribution in [0.5, 0.6) is 0 Å². The van der Waals surface area contributed by atoms with E-state index in [0.717, 1.165) is 29.7 Å². The van der Waals surface area contributed by atoms with Crippen molar-refractivity contribution in [2.75, 3.05) is 5.73 Å². The molecule has 2 heterocycles. The predicted molar refractivity (Wildman–Crippen MR) is 69.8 cm³/mol. The van der Waals surface area contributed by atoms with Gasteiger partial charge in [0.15, 0.2) is 0 Å². The molecule has 2 rings (SSSR count). The lowest BCUT2D eigenvalue weighted by atomic mass is 10.1. The number of nitrogens with two attached hydrogens (primary N) is 1. The number of hydrogen-bond donors (Lipinski definition) is 1. The van der Waals surface area contributed by atoms with Gasteiger partial charge in [-0.15, -0.1) is 0 Å². The van der Waals surface area contributed by atoms with Gasteiger partial charge in [-0.1, -0.05) is 19.1 Å². The number of aromatic nitrogens is 2. The molecule has 2 aromatic rings. The molecule has 0 bridgehead atoms. The van der Waals surface area contributed by atoms with Crippen molar-refractivity contribution in [1.82, 2.24) is 9.97 Å². The number of aryl methyl sites for hydroxylation is 2. The molecule has 0 aliphatic heterocycles. The molecule has 2 N–H and O–H groups in total. The lowest BCUT2D eigenvalue weighted by Crippen LogP contribution is -2.01. The third-order valence-electron chi connectivity index (χ3n) is 2.80. The van der Waals surface area contributed by atoms with Crippen LogP contribution in [-0.4, -0.2) is 9.97 Å². The average Bonchev–Trinajstić information content (AvgIpc) is 2.35. The first-order valence-corrected chi connectivity index (χ1v) is 5.84. The SMILES string of the molecule is CCc1ccc(Cc2cc(C)cnc2N)nc1. The molecule has 0 saturated heterocycles. The zero-order chi connectivity index (χ0) is 12.3. The topological polar surface area (TPSA) is 51.8 Å². The number of pyridine rings is 2. The lowest BCUT2D eigenvalue weighted by Gasteiger charge is -2.06. The van der Waals surface area contributed by atoms with Crippen LogP contribution in [0.15, 0.2) is 30.6 Å². The fourth-order valence-corrected chi connectivity index (χ4v) is 1.75. The van der Waals surface area contributed by atoms with E-state index in [-0.39, 0.29) is 0 Å². The maximum absolute atomic E-state index is 5.85. The molecule has 2 aromatic heterocycles. The molecular formula is C14H17N3. The second-order valence-electron chi connectivity index (χ2n) is 4.25. The number of anilines is 1. The monoisotopic (exact) mass is 227 g/mol. The highest BCUT2D eigenvalue weighted by atomic mass is 14.8. The summed E-state index contributed by atoms with van der Waals surface area (Å²) in [4.78, 5) is 8.59. The molecule has 0 amide bonds. The van der Waals surface area contributed by atoms with E-state index in [1.54, 1.807) is 6.20 Å². The van der Waals surface area contributed by atoms with Crippen molar-refractivity contribution in [3.05, 3.63) is 53.0 Å². The number of rotatable bonds is 3. The summed E-state index contributed by atoms with van der Waals surface area (Å²) in [6.45, 7) is 4.14. The van der Waals surface area contributed by atoms with Crippen LogP contribution in [0.1, 0.15) is 29.3 Å². The third-order valence-corrected chi connectivity index (χ3v) is 2.80. The Morgan fingerprint density at radius 2 is 2.00 bits per heavy atom. The van der Waals surface area contributed by atoms with E-state index < -0.39 is 0 Å². The molecule has 0 aromatic carbocycles. The Morgan fingerprint density at radius 3 is 2.65 bits per heavy atom. The van der Waals surface area contributed by atoms with E-state index in [4.69, 9.17) is 5.73 Å². The first-order chi connectivity index (χ1) is 8.19. The second kappa shape index (κ2) is 4.95. The minimum Gasteiger partial charge on any atom is -0.383 e. The third kappa shape index (κ3) is 2.81. The maximum atomic E-state index is 5.85. The molecule has 0 unspecified atom stereocenters. The van der Waals surface area contributed by atoms with Crippen LogP contribution in [0, 0.1) is 6.92 Å². The molecule has 3 heteroatoms. The molecule has 17 heavy (non-hydrogen) atoms. The van der Waals surface area contributed by atoms with Crippen molar-refractivity contribution >= 4 is 5.82 Å². The zero-order valence-electron chi connectivity index (χ0n) is 10.3. The minimum atomic E-state index is 0.594. The van der Waals surface area contributed by atoms with Crippen molar-refractivity contribution < 1.29 is 0 Å². The van der Waals surface area contributed by atoms with Gasteiger partial charge in [0.1, 0.15) is 5.82 Å². The number of nitrogens with zero attached hydrogens (tertiary/aromatic N) is 2. The van der Waals surface area contributed by atoms with E-state index >= 15 is 0 Å². The molecular weight excluding hydrogens is 210 g/mol. The van der Waals surface area contributed by atoms with Crippen molar-refractivity contribution in [3.8, 4) is 0 Å². The van der Waals surface area contributed by atoms with Gasteiger partial charge in [0.05, 0.1) is 0 Å². The van der Waals surface area contributed by atoms with Gasteiger partial charge >= 0.3 is 0 Å². The van der Waals surface area contributed by atoms with E-state index in [1.807, 2.05) is 13.1 Å². The minimum absolute atomic E-state index is 0.594. The lowest BCUT2D eigenvalue weighted by molar-refractivity contribution is 1.02. The average molecular weight is 227 g/mol. The molecule has 3 nitrogen and oxygen atoms in total. The summed E-state index contributed by atoms with van der Waals surface area (Å²) in [5.41, 5.74) is 10.3. The van der Waals surface area contributed by atoms with Gasteiger partial charge in [-0.25, -0.2) is 4.98 Å². The first-order valence-electron chi connectivity index (χ1n) is 5.84. The standard InChI is InChI=1S/C14H17N3/c1-3-11-4-5-13(16-9-11)7-12-6-10(2)8-17-14(12)15/h4-6,8-9H,3,7H2,1-2H3,(H2,15,17). The summed E-state index contributed by atoms with van der Waals surface area (Å²) in [5, 5.41) is 0. The molecule has 0 spiro atoms. The van der Waals surface area contributed by atoms with Crippen LogP contribution in [0.3, 0.4) is 0 Å². The molecule has 88 valence electrons. The van der Waals surface area contributed by atoms with E-state index in [2.05, 4.69) is 35.1 Å². The summed E-state index contributed by atoms with van der Waals surface area (Å²) in [7, 11) is 0. The Morgan fingerprint density at radius 1 is 1.18 bits per heavy atom. The van der Waals surface area contributed by atoms with E-state index in [9.17, 15) is 0 Å². The van der Waals surface area contributed by atoms with Gasteiger partial charge in [-0.05, 0) is 30.5 Å². The van der Waals surface area contributed by atoms with Gasteiger partial charge in [-0.3, -0.25) is 4.98 Å². The molecule has 0 fully saturated rings. The van der Waals surface area contributed by atoms with Gasteiger partial charge in [-0.2, -0.15) is 0 Å². The Kier molecular flexibility index (Phi) is 3.38. The maximum Gasteiger partial charge on any atom is 0.126 e. The van der Waals surface area contributed by atoms with Gasteiger partial charge in [0.2, 0.25) is 0 Å². The summed E-state index contributed by atoms with van der Waals surface area (Å²) >= 11 is 0. The predicted octanol–water partition coefficient (Wildman–Crippen LogP) is 2.52. The van der Waals surface area contributed by atoms with Crippen LogP contribution < -0.4 is 5.73 Å². The van der Waals surface area contributed by atoms with Crippen LogP contribution in [-0.2, 0) is 12.8 Å². The van der Waals surface area contributed by atoms with Crippen molar-refractivity contribution in [3.63, 3.8) is 0 Å². The van der Waals surface area contributed by atoms with Crippen LogP contribution in [0.4, 0.5) is 5.82 Å². The largest absolute Gasteiger partial charge is 0.383 e. The molecule has 0 atom stereocenters. The summed E-state index contributed by atoms with van der Waals surface area (Å²) in [5.74, 6) is 0.594. The molecule has 0 saturated carbocycles. The van der Waals surface area contributed by atoms with E-state index in [0.29, 0.717) is 5.82 Å². The van der Waals surface area contributed by atoms with Crippen molar-refractivity contribution in [2.45, 2.75) is 26.7 Å². The first kappa shape index (κ1) is 11.6. The molecule has 0 aliphatic rings. The Bertz CT molecular complexity index is 503. The Labute approximate surface area is 102 Å². The summed E-state index contributed by atoms with van der Waals surface area (Å²) in [6, 6.07) is 6.24. The molecule has 0 aliphatic carbocycles. The van der Waals surface area contributed by atoms with Gasteiger partial charge in [0, 0.05) is 30.1 Å². The Hall–Kier alpha value is -1.90. The van der Waals surface area contributed by atoms with Crippen LogP contribution in [0.2, 0.25) is 0 Å². The highest BCUT2D eigenvalue weighted by Gasteiger charge is 2.03. The normalized spacial score (nSPS) is 10.5. The van der Waals surface area contributed by atoms with Gasteiger partial charge in [0.25, 0.3) is 0 Å². The summed E-state index contributed by atoms with van der Waals surface area (Å²) in [6.07, 6.45) is 5.47. The van der Waals surface area contributed by atoms with Gasteiger partial charge < -0.3 is 5.73 Å². The highest BCUT2D eigenvalue weighted by molar-refractivity contribution is 5.42. The fourth-order valence-electron chi connectivity index (χ4n) is 1.75. The number of hydrogen-bond acceptors (Lipinski definition) is 3.